The average molecular weight is 376 g/mol. The Morgan fingerprint density at radius 3 is 2.63 bits per heavy atom. The summed E-state index contributed by atoms with van der Waals surface area (Å²) in [5, 5.41) is 11.5. The number of nitrogens with one attached hydrogen (secondary N) is 1. The molecule has 0 radical (unpaired) electrons. The Labute approximate surface area is 158 Å². The van der Waals surface area contributed by atoms with E-state index in [0.717, 1.165) is 17.7 Å². The summed E-state index contributed by atoms with van der Waals surface area (Å²) in [6.07, 6.45) is 5.37. The minimum atomic E-state index is -3.71. The number of fused-ring (bicyclic) bond motifs is 4. The van der Waals surface area contributed by atoms with Crippen molar-refractivity contribution in [2.45, 2.75) is 23.3 Å². The molecule has 5 heteroatoms. The fraction of sp³-hybridized carbons (Fsp3) is 0.182. The Balaban J connectivity index is 1.66. The van der Waals surface area contributed by atoms with Gasteiger partial charge in [0.2, 0.25) is 10.0 Å². The monoisotopic (exact) mass is 376 g/mol. The van der Waals surface area contributed by atoms with Crippen LogP contribution in [0.4, 0.5) is 5.69 Å². The van der Waals surface area contributed by atoms with Crippen LogP contribution in [-0.4, -0.2) is 8.42 Å². The molecule has 136 valence electrons. The molecule has 0 saturated heterocycles. The molecule has 3 aromatic carbocycles. The van der Waals surface area contributed by atoms with Crippen LogP contribution in [0.1, 0.15) is 29.5 Å². The van der Waals surface area contributed by atoms with Crippen LogP contribution in [0.2, 0.25) is 0 Å². The van der Waals surface area contributed by atoms with E-state index in [9.17, 15) is 8.42 Å². The number of hydrogen-bond donors (Lipinski definition) is 2. The first-order chi connectivity index (χ1) is 13.0. The number of hydrogen-bond acceptors (Lipinski definition) is 3. The molecular weight excluding hydrogens is 356 g/mol. The molecule has 0 amide bonds. The van der Waals surface area contributed by atoms with Crippen molar-refractivity contribution in [2.24, 2.45) is 11.1 Å². The summed E-state index contributed by atoms with van der Waals surface area (Å²) in [4.78, 5) is 0.172. The molecule has 4 nitrogen and oxygen atoms in total. The number of nitrogens with two attached hydrogens (primary N) is 1. The predicted octanol–water partition coefficient (Wildman–Crippen LogP) is 4.31. The molecule has 0 unspecified atom stereocenters. The molecule has 1 heterocycles. The molecule has 27 heavy (non-hydrogen) atoms. The quantitative estimate of drug-likeness (QED) is 0.655. The second-order valence-electron chi connectivity index (χ2n) is 7.34. The van der Waals surface area contributed by atoms with E-state index >= 15 is 0 Å². The zero-order valence-electron chi connectivity index (χ0n) is 14.7. The van der Waals surface area contributed by atoms with Crippen LogP contribution in [-0.2, 0) is 10.0 Å². The van der Waals surface area contributed by atoms with E-state index in [-0.39, 0.29) is 16.9 Å². The minimum Gasteiger partial charge on any atom is -0.378 e. The summed E-state index contributed by atoms with van der Waals surface area (Å²) in [7, 11) is -3.71. The SMILES string of the molecule is NS(=O)(=O)c1ccc2c(c1)[C@H]1C=CC[C@@H]1[C@@H](c1cccc3ccccc13)N2. The van der Waals surface area contributed by atoms with Crippen LogP contribution in [0.25, 0.3) is 10.8 Å². The lowest BCUT2D eigenvalue weighted by molar-refractivity contribution is 0.427. The largest absolute Gasteiger partial charge is 0.378 e. The van der Waals surface area contributed by atoms with E-state index in [4.69, 9.17) is 5.14 Å². The molecule has 0 saturated carbocycles. The zero-order valence-corrected chi connectivity index (χ0v) is 15.5. The van der Waals surface area contributed by atoms with Crippen LogP contribution in [0.15, 0.2) is 77.7 Å². The number of allylic oxidation sites excluding steroid dienone is 2. The van der Waals surface area contributed by atoms with E-state index in [2.05, 4.69) is 59.9 Å². The van der Waals surface area contributed by atoms with Crippen molar-refractivity contribution in [3.05, 3.63) is 83.9 Å². The lowest BCUT2D eigenvalue weighted by atomic mass is 9.76. The van der Waals surface area contributed by atoms with Gasteiger partial charge in [-0.3, -0.25) is 0 Å². The van der Waals surface area contributed by atoms with Crippen LogP contribution in [0.3, 0.4) is 0 Å². The van der Waals surface area contributed by atoms with Gasteiger partial charge in [0.05, 0.1) is 10.9 Å². The lowest BCUT2D eigenvalue weighted by Gasteiger charge is -2.38. The Kier molecular flexibility index (Phi) is 3.64. The first-order valence-electron chi connectivity index (χ1n) is 9.10. The number of sulfonamides is 1. The van der Waals surface area contributed by atoms with Crippen molar-refractivity contribution < 1.29 is 8.42 Å². The maximum atomic E-state index is 11.8. The van der Waals surface area contributed by atoms with Crippen LogP contribution in [0, 0.1) is 5.92 Å². The second kappa shape index (κ2) is 5.94. The summed E-state index contributed by atoms with van der Waals surface area (Å²) in [5.41, 5.74) is 3.28. The van der Waals surface area contributed by atoms with Crippen molar-refractivity contribution in [3.8, 4) is 0 Å². The minimum absolute atomic E-state index is 0.170. The van der Waals surface area contributed by atoms with E-state index < -0.39 is 10.0 Å². The van der Waals surface area contributed by atoms with Crippen LogP contribution >= 0.6 is 0 Å². The average Bonchev–Trinajstić information content (AvgIpc) is 3.16. The van der Waals surface area contributed by atoms with Gasteiger partial charge in [0, 0.05) is 11.6 Å². The normalized spacial score (nSPS) is 23.7. The maximum Gasteiger partial charge on any atom is 0.238 e. The molecule has 0 bridgehead atoms. The summed E-state index contributed by atoms with van der Waals surface area (Å²) >= 11 is 0. The fourth-order valence-corrected chi connectivity index (χ4v) is 5.13. The molecule has 1 aliphatic heterocycles. The third-order valence-corrected chi connectivity index (χ3v) is 6.73. The Hall–Kier alpha value is -2.63. The van der Waals surface area contributed by atoms with Crippen molar-refractivity contribution in [1.29, 1.82) is 0 Å². The van der Waals surface area contributed by atoms with E-state index in [0.29, 0.717) is 5.92 Å². The van der Waals surface area contributed by atoms with Gasteiger partial charge in [0.25, 0.3) is 0 Å². The van der Waals surface area contributed by atoms with Gasteiger partial charge in [0.15, 0.2) is 0 Å². The van der Waals surface area contributed by atoms with Crippen molar-refractivity contribution in [1.82, 2.24) is 0 Å². The molecule has 5 rings (SSSR count). The standard InChI is InChI=1S/C22H20N2O2S/c23-27(25,26)15-11-12-21-20(13-15)17-8-4-10-19(17)22(24-21)18-9-3-6-14-5-1-2-7-16(14)18/h1-9,11-13,17,19,22,24H,10H2,(H2,23,25,26)/t17-,19-,22+/m0/s1. The number of rotatable bonds is 2. The van der Waals surface area contributed by atoms with E-state index in [1.807, 2.05) is 6.07 Å². The van der Waals surface area contributed by atoms with Crippen LogP contribution < -0.4 is 10.5 Å². The van der Waals surface area contributed by atoms with Crippen molar-refractivity contribution >= 4 is 26.5 Å². The molecular formula is C22H20N2O2S. The number of primary sulfonamides is 1. The van der Waals surface area contributed by atoms with Gasteiger partial charge in [-0.1, -0.05) is 54.6 Å². The highest BCUT2D eigenvalue weighted by molar-refractivity contribution is 7.89. The number of anilines is 1. The van der Waals surface area contributed by atoms with E-state index in [1.54, 1.807) is 12.1 Å². The summed E-state index contributed by atoms with van der Waals surface area (Å²) in [5.74, 6) is 0.533. The summed E-state index contributed by atoms with van der Waals surface area (Å²) in [6.45, 7) is 0. The third kappa shape index (κ3) is 2.66. The first-order valence-corrected chi connectivity index (χ1v) is 10.6. The molecule has 0 spiro atoms. The summed E-state index contributed by atoms with van der Waals surface area (Å²) in [6, 6.07) is 20.2. The highest BCUT2D eigenvalue weighted by Crippen LogP contribution is 2.51. The van der Waals surface area contributed by atoms with Gasteiger partial charge >= 0.3 is 0 Å². The van der Waals surface area contributed by atoms with Gasteiger partial charge in [0.1, 0.15) is 0 Å². The molecule has 3 atom stereocenters. The topological polar surface area (TPSA) is 72.2 Å². The Morgan fingerprint density at radius 2 is 1.78 bits per heavy atom. The Morgan fingerprint density at radius 1 is 0.963 bits per heavy atom. The van der Waals surface area contributed by atoms with Gasteiger partial charge < -0.3 is 5.32 Å². The number of benzene rings is 3. The lowest BCUT2D eigenvalue weighted by Crippen LogP contribution is -2.29. The smallest absolute Gasteiger partial charge is 0.238 e. The van der Waals surface area contributed by atoms with E-state index in [1.165, 1.54) is 16.3 Å². The zero-order chi connectivity index (χ0) is 18.6. The van der Waals surface area contributed by atoms with Gasteiger partial charge in [-0.05, 0) is 52.4 Å². The molecule has 3 aromatic rings. The first kappa shape index (κ1) is 16.5. The maximum absolute atomic E-state index is 11.8. The van der Waals surface area contributed by atoms with Gasteiger partial charge in [-0.15, -0.1) is 0 Å². The third-order valence-electron chi connectivity index (χ3n) is 5.82. The molecule has 0 fully saturated rings. The van der Waals surface area contributed by atoms with Gasteiger partial charge in [-0.2, -0.15) is 0 Å². The Bertz CT molecular complexity index is 1180. The molecule has 1 aliphatic carbocycles. The second-order valence-corrected chi connectivity index (χ2v) is 8.90. The highest BCUT2D eigenvalue weighted by atomic mass is 32.2. The van der Waals surface area contributed by atoms with Crippen molar-refractivity contribution in [2.75, 3.05) is 5.32 Å². The molecule has 2 aliphatic rings. The van der Waals surface area contributed by atoms with Gasteiger partial charge in [-0.25, -0.2) is 13.6 Å². The highest BCUT2D eigenvalue weighted by Gasteiger charge is 2.38. The predicted molar refractivity (Wildman–Crippen MR) is 108 cm³/mol. The summed E-state index contributed by atoms with van der Waals surface area (Å²) < 4.78 is 23.6. The fourth-order valence-electron chi connectivity index (χ4n) is 4.58. The molecule has 3 N–H and O–H groups in total. The van der Waals surface area contributed by atoms with Crippen LogP contribution in [0.5, 0.6) is 0 Å². The van der Waals surface area contributed by atoms with Crippen molar-refractivity contribution in [3.63, 3.8) is 0 Å². The molecule has 0 aromatic heterocycles.